The number of carbonyl (C=O) groups is 2. The van der Waals surface area contributed by atoms with Crippen LogP contribution in [0.2, 0.25) is 0 Å². The van der Waals surface area contributed by atoms with Crippen LogP contribution in [0, 0.1) is 5.82 Å². The number of fused-ring (bicyclic) bond motifs is 1. The fourth-order valence-electron chi connectivity index (χ4n) is 3.51. The van der Waals surface area contributed by atoms with Gasteiger partial charge in [-0.3, -0.25) is 9.59 Å². The smallest absolute Gasteiger partial charge is 0.268 e. The third-order valence-electron chi connectivity index (χ3n) is 5.36. The second-order valence-corrected chi connectivity index (χ2v) is 7.80. The Balaban J connectivity index is 1.51. The van der Waals surface area contributed by atoms with Crippen molar-refractivity contribution in [3.8, 4) is 5.75 Å². The number of hydrogen-bond acceptors (Lipinski definition) is 5. The molecule has 0 fully saturated rings. The molecular formula is C25H24FN5O3. The Labute approximate surface area is 195 Å². The number of nitrogens with two attached hydrogens (primary N) is 1. The molecule has 0 aliphatic rings. The van der Waals surface area contributed by atoms with E-state index in [1.54, 1.807) is 49.7 Å². The summed E-state index contributed by atoms with van der Waals surface area (Å²) >= 11 is 0. The summed E-state index contributed by atoms with van der Waals surface area (Å²) in [5.41, 5.74) is 8.14. The zero-order valence-electron chi connectivity index (χ0n) is 18.5. The highest BCUT2D eigenvalue weighted by Crippen LogP contribution is 2.21. The fourth-order valence-corrected chi connectivity index (χ4v) is 3.51. The normalized spacial score (nSPS) is 11.7. The second kappa shape index (κ2) is 10.0. The van der Waals surface area contributed by atoms with Gasteiger partial charge in [-0.25, -0.2) is 9.37 Å². The first-order valence-electron chi connectivity index (χ1n) is 10.6. The monoisotopic (exact) mass is 461 g/mol. The number of ether oxygens (including phenoxy) is 1. The minimum absolute atomic E-state index is 0.186. The van der Waals surface area contributed by atoms with E-state index in [9.17, 15) is 14.0 Å². The zero-order valence-corrected chi connectivity index (χ0v) is 18.5. The number of aromatic amines is 1. The minimum Gasteiger partial charge on any atom is -0.497 e. The van der Waals surface area contributed by atoms with Gasteiger partial charge in [0.2, 0.25) is 5.91 Å². The number of nitrogen functional groups attached to an aromatic ring is 1. The number of benzene rings is 2. The van der Waals surface area contributed by atoms with Crippen LogP contribution in [0.1, 0.15) is 21.6 Å². The van der Waals surface area contributed by atoms with Crippen LogP contribution in [-0.2, 0) is 17.8 Å². The molecule has 2 amide bonds. The van der Waals surface area contributed by atoms with Gasteiger partial charge in [-0.1, -0.05) is 18.2 Å². The molecule has 0 aliphatic carbocycles. The van der Waals surface area contributed by atoms with Gasteiger partial charge < -0.3 is 26.1 Å². The van der Waals surface area contributed by atoms with Gasteiger partial charge in [0.1, 0.15) is 29.1 Å². The number of carbonyl (C=O) groups excluding carboxylic acids is 2. The number of H-pyrrole nitrogens is 1. The lowest BCUT2D eigenvalue weighted by Crippen LogP contribution is -2.48. The molecule has 4 aromatic rings. The van der Waals surface area contributed by atoms with Crippen molar-refractivity contribution in [3.63, 3.8) is 0 Å². The Bertz CT molecular complexity index is 1300. The molecule has 0 bridgehead atoms. The molecule has 34 heavy (non-hydrogen) atoms. The molecular weight excluding hydrogens is 437 g/mol. The summed E-state index contributed by atoms with van der Waals surface area (Å²) in [4.78, 5) is 33.1. The molecule has 0 saturated carbocycles. The molecule has 2 aromatic carbocycles. The summed E-state index contributed by atoms with van der Waals surface area (Å²) in [6, 6.07) is 15.4. The van der Waals surface area contributed by atoms with E-state index in [-0.39, 0.29) is 24.7 Å². The maximum atomic E-state index is 13.3. The third-order valence-corrected chi connectivity index (χ3v) is 5.36. The number of nitrogens with zero attached hydrogens (tertiary/aromatic N) is 1. The first-order valence-corrected chi connectivity index (χ1v) is 10.6. The molecule has 4 rings (SSSR count). The minimum atomic E-state index is -0.888. The molecule has 5 N–H and O–H groups in total. The molecule has 0 radical (unpaired) electrons. The predicted octanol–water partition coefficient (Wildman–Crippen LogP) is 2.95. The Hall–Kier alpha value is -4.40. The van der Waals surface area contributed by atoms with Crippen LogP contribution in [0.3, 0.4) is 0 Å². The van der Waals surface area contributed by atoms with E-state index in [0.29, 0.717) is 22.8 Å². The lowest BCUT2D eigenvalue weighted by atomic mass is 10.0. The standard InChI is InChI=1S/C25H24FN5O3/c1-34-19-7-8-20-17(11-19)12-22(30-20)25(33)31-21(10-15-2-5-18(26)6-3-15)24(32)29-14-16-4-9-23(27)28-13-16/h2-9,11-13,21,30H,10,14H2,1H3,(H2,27,28)(H,29,32)(H,31,33)/t21-/m0/s1. The van der Waals surface area contributed by atoms with Gasteiger partial charge in [0.05, 0.1) is 7.11 Å². The van der Waals surface area contributed by atoms with E-state index in [2.05, 4.69) is 20.6 Å². The van der Waals surface area contributed by atoms with E-state index < -0.39 is 11.9 Å². The number of rotatable bonds is 8. The first-order chi connectivity index (χ1) is 16.4. The maximum Gasteiger partial charge on any atom is 0.268 e. The largest absolute Gasteiger partial charge is 0.497 e. The highest BCUT2D eigenvalue weighted by Gasteiger charge is 2.23. The molecule has 0 unspecified atom stereocenters. The summed E-state index contributed by atoms with van der Waals surface area (Å²) in [6.07, 6.45) is 1.76. The van der Waals surface area contributed by atoms with Crippen molar-refractivity contribution >= 4 is 28.5 Å². The van der Waals surface area contributed by atoms with Gasteiger partial charge in [0.25, 0.3) is 5.91 Å². The molecule has 2 aromatic heterocycles. The number of aromatic nitrogens is 2. The van der Waals surface area contributed by atoms with Crippen molar-refractivity contribution in [2.75, 3.05) is 12.8 Å². The van der Waals surface area contributed by atoms with E-state index in [0.717, 1.165) is 16.5 Å². The number of amides is 2. The molecule has 0 aliphatic heterocycles. The summed E-state index contributed by atoms with van der Waals surface area (Å²) in [5.74, 6) is -0.145. The SMILES string of the molecule is COc1ccc2[nH]c(C(=O)N[C@@H](Cc3ccc(F)cc3)C(=O)NCc3ccc(N)nc3)cc2c1. The van der Waals surface area contributed by atoms with Gasteiger partial charge >= 0.3 is 0 Å². The molecule has 0 spiro atoms. The Morgan fingerprint density at radius 1 is 1.09 bits per heavy atom. The second-order valence-electron chi connectivity index (χ2n) is 7.80. The van der Waals surface area contributed by atoms with Crippen molar-refractivity contribution in [1.29, 1.82) is 0 Å². The molecule has 8 nitrogen and oxygen atoms in total. The number of anilines is 1. The number of methoxy groups -OCH3 is 1. The van der Waals surface area contributed by atoms with Crippen molar-refractivity contribution in [1.82, 2.24) is 20.6 Å². The van der Waals surface area contributed by atoms with Crippen LogP contribution in [-0.4, -0.2) is 34.9 Å². The number of nitrogens with one attached hydrogen (secondary N) is 3. The van der Waals surface area contributed by atoms with Crippen molar-refractivity contribution in [3.05, 3.63) is 89.5 Å². The molecule has 174 valence electrons. The van der Waals surface area contributed by atoms with Gasteiger partial charge in [-0.15, -0.1) is 0 Å². The lowest BCUT2D eigenvalue weighted by Gasteiger charge is -2.18. The summed E-state index contributed by atoms with van der Waals surface area (Å²) in [5, 5.41) is 6.41. The van der Waals surface area contributed by atoms with E-state index >= 15 is 0 Å². The van der Waals surface area contributed by atoms with Crippen LogP contribution in [0.15, 0.2) is 66.9 Å². The quantitative estimate of drug-likeness (QED) is 0.321. The average Bonchev–Trinajstić information content (AvgIpc) is 3.28. The van der Waals surface area contributed by atoms with Crippen LogP contribution in [0.5, 0.6) is 5.75 Å². The van der Waals surface area contributed by atoms with E-state index in [1.807, 2.05) is 12.1 Å². The lowest BCUT2D eigenvalue weighted by molar-refractivity contribution is -0.123. The van der Waals surface area contributed by atoms with Crippen molar-refractivity contribution in [2.24, 2.45) is 0 Å². The maximum absolute atomic E-state index is 13.3. The Morgan fingerprint density at radius 3 is 2.56 bits per heavy atom. The topological polar surface area (TPSA) is 122 Å². The molecule has 9 heteroatoms. The van der Waals surface area contributed by atoms with Crippen LogP contribution in [0.25, 0.3) is 10.9 Å². The summed E-state index contributed by atoms with van der Waals surface area (Å²) < 4.78 is 18.6. The van der Waals surface area contributed by atoms with Gasteiger partial charge in [0, 0.05) is 30.1 Å². The average molecular weight is 461 g/mol. The van der Waals surface area contributed by atoms with E-state index in [4.69, 9.17) is 10.5 Å². The highest BCUT2D eigenvalue weighted by atomic mass is 19.1. The number of pyridine rings is 1. The fraction of sp³-hybridized carbons (Fsp3) is 0.160. The van der Waals surface area contributed by atoms with Gasteiger partial charge in [0.15, 0.2) is 0 Å². The van der Waals surface area contributed by atoms with Gasteiger partial charge in [-0.05, 0) is 53.6 Å². The summed E-state index contributed by atoms with van der Waals surface area (Å²) in [6.45, 7) is 0.216. The number of halogens is 1. The molecule has 2 heterocycles. The third kappa shape index (κ3) is 5.50. The van der Waals surface area contributed by atoms with E-state index in [1.165, 1.54) is 12.1 Å². The van der Waals surface area contributed by atoms with Crippen LogP contribution < -0.4 is 21.1 Å². The van der Waals surface area contributed by atoms with Gasteiger partial charge in [-0.2, -0.15) is 0 Å². The van der Waals surface area contributed by atoms with Crippen molar-refractivity contribution in [2.45, 2.75) is 19.0 Å². The van der Waals surface area contributed by atoms with Crippen LogP contribution in [0.4, 0.5) is 10.2 Å². The summed E-state index contributed by atoms with van der Waals surface area (Å²) in [7, 11) is 1.57. The first kappa shape index (κ1) is 22.8. The molecule has 0 saturated heterocycles. The molecule has 1 atom stereocenters. The predicted molar refractivity (Wildman–Crippen MR) is 127 cm³/mol. The van der Waals surface area contributed by atoms with Crippen LogP contribution >= 0.6 is 0 Å². The van der Waals surface area contributed by atoms with Crippen molar-refractivity contribution < 1.29 is 18.7 Å². The Kier molecular flexibility index (Phi) is 6.72. The zero-order chi connectivity index (χ0) is 24.1. The highest BCUT2D eigenvalue weighted by molar-refractivity contribution is 6.00. The Morgan fingerprint density at radius 2 is 1.85 bits per heavy atom. The number of hydrogen-bond donors (Lipinski definition) is 4.